The standard InChI is InChI=1S/C7H14.3C2H6/c1-7(2)5-3-4-6-7;3*1-2/h3-6H2,1-2H3;3*1-2H3. The Morgan fingerprint density at radius 2 is 0.846 bits per heavy atom. The molecule has 0 heterocycles. The highest BCUT2D eigenvalue weighted by atomic mass is 14.3. The minimum atomic E-state index is 0.694. The monoisotopic (exact) mass is 188 g/mol. The van der Waals surface area contributed by atoms with E-state index in [1.165, 1.54) is 25.7 Å². The summed E-state index contributed by atoms with van der Waals surface area (Å²) in [5, 5.41) is 0. The van der Waals surface area contributed by atoms with Crippen LogP contribution in [0.15, 0.2) is 0 Å². The fourth-order valence-electron chi connectivity index (χ4n) is 1.33. The molecule has 13 heavy (non-hydrogen) atoms. The predicted molar refractivity (Wildman–Crippen MR) is 66.3 cm³/mol. The van der Waals surface area contributed by atoms with Crippen LogP contribution in [-0.2, 0) is 0 Å². The van der Waals surface area contributed by atoms with Crippen molar-refractivity contribution in [1.29, 1.82) is 0 Å². The van der Waals surface area contributed by atoms with Crippen molar-refractivity contribution in [3.05, 3.63) is 0 Å². The Balaban J connectivity index is -0.000000144. The maximum Gasteiger partial charge on any atom is -0.0354 e. The van der Waals surface area contributed by atoms with Crippen LogP contribution in [0.4, 0.5) is 0 Å². The second kappa shape index (κ2) is 14.5. The van der Waals surface area contributed by atoms with Crippen LogP contribution in [0.25, 0.3) is 0 Å². The molecule has 0 aromatic heterocycles. The van der Waals surface area contributed by atoms with E-state index in [4.69, 9.17) is 0 Å². The molecule has 1 rings (SSSR count). The van der Waals surface area contributed by atoms with Crippen LogP contribution in [0.5, 0.6) is 0 Å². The van der Waals surface area contributed by atoms with Gasteiger partial charge < -0.3 is 0 Å². The highest BCUT2D eigenvalue weighted by Gasteiger charge is 2.21. The summed E-state index contributed by atoms with van der Waals surface area (Å²) >= 11 is 0. The molecule has 0 spiro atoms. The Bertz CT molecular complexity index is 54.4. The summed E-state index contributed by atoms with van der Waals surface area (Å²) in [5.74, 6) is 0. The molecule has 1 aliphatic rings. The largest absolute Gasteiger partial charge is 0.0683 e. The Kier molecular flexibility index (Phi) is 20.9. The van der Waals surface area contributed by atoms with E-state index in [1.807, 2.05) is 41.5 Å². The van der Waals surface area contributed by atoms with Gasteiger partial charge in [0.05, 0.1) is 0 Å². The highest BCUT2D eigenvalue weighted by Crippen LogP contribution is 2.36. The maximum atomic E-state index is 2.36. The summed E-state index contributed by atoms with van der Waals surface area (Å²) in [7, 11) is 0. The lowest BCUT2D eigenvalue weighted by Gasteiger charge is -2.13. The van der Waals surface area contributed by atoms with Crippen LogP contribution in [0.3, 0.4) is 0 Å². The average molecular weight is 188 g/mol. The first-order valence-corrected chi connectivity index (χ1v) is 6.21. The van der Waals surface area contributed by atoms with E-state index in [9.17, 15) is 0 Å². The summed E-state index contributed by atoms with van der Waals surface area (Å²) < 4.78 is 0. The molecule has 0 saturated heterocycles. The number of hydrogen-bond donors (Lipinski definition) is 0. The first-order chi connectivity index (χ1) is 6.21. The van der Waals surface area contributed by atoms with E-state index in [0.717, 1.165) is 0 Å². The Morgan fingerprint density at radius 1 is 0.615 bits per heavy atom. The molecule has 0 atom stereocenters. The van der Waals surface area contributed by atoms with Crippen molar-refractivity contribution in [2.24, 2.45) is 5.41 Å². The summed E-state index contributed by atoms with van der Waals surface area (Å²) in [6.07, 6.45) is 5.83. The third-order valence-electron chi connectivity index (χ3n) is 1.96. The highest BCUT2D eigenvalue weighted by molar-refractivity contribution is 4.74. The number of rotatable bonds is 0. The second-order valence-electron chi connectivity index (χ2n) is 3.37. The van der Waals surface area contributed by atoms with E-state index >= 15 is 0 Å². The van der Waals surface area contributed by atoms with Gasteiger partial charge >= 0.3 is 0 Å². The lowest BCUT2D eigenvalue weighted by Crippen LogP contribution is -2.01. The van der Waals surface area contributed by atoms with E-state index in [2.05, 4.69) is 13.8 Å². The van der Waals surface area contributed by atoms with Crippen molar-refractivity contribution in [3.8, 4) is 0 Å². The third kappa shape index (κ3) is 14.8. The fourth-order valence-corrected chi connectivity index (χ4v) is 1.33. The molecule has 0 amide bonds. The summed E-state index contributed by atoms with van der Waals surface area (Å²) in [6, 6.07) is 0. The molecule has 0 aliphatic heterocycles. The molecule has 0 bridgehead atoms. The molecule has 84 valence electrons. The van der Waals surface area contributed by atoms with Gasteiger partial charge in [-0.1, -0.05) is 68.2 Å². The minimum Gasteiger partial charge on any atom is -0.0683 e. The van der Waals surface area contributed by atoms with Gasteiger partial charge in [0, 0.05) is 0 Å². The van der Waals surface area contributed by atoms with Gasteiger partial charge in [-0.05, 0) is 18.3 Å². The number of hydrogen-bond acceptors (Lipinski definition) is 0. The van der Waals surface area contributed by atoms with Gasteiger partial charge in [0.25, 0.3) is 0 Å². The molecule has 0 N–H and O–H groups in total. The Labute approximate surface area is 87.1 Å². The Hall–Kier alpha value is 0. The molecule has 1 saturated carbocycles. The van der Waals surface area contributed by atoms with Crippen LogP contribution in [-0.4, -0.2) is 0 Å². The summed E-state index contributed by atoms with van der Waals surface area (Å²) in [6.45, 7) is 16.7. The van der Waals surface area contributed by atoms with Gasteiger partial charge in [0.2, 0.25) is 0 Å². The van der Waals surface area contributed by atoms with Gasteiger partial charge in [0.15, 0.2) is 0 Å². The van der Waals surface area contributed by atoms with Crippen molar-refractivity contribution < 1.29 is 0 Å². The zero-order chi connectivity index (χ0) is 11.3. The predicted octanol–water partition coefficient (Wildman–Crippen LogP) is 5.67. The molecule has 0 heteroatoms. The van der Waals surface area contributed by atoms with E-state index in [0.29, 0.717) is 5.41 Å². The lowest BCUT2D eigenvalue weighted by atomic mass is 9.92. The quantitative estimate of drug-likeness (QED) is 0.460. The third-order valence-corrected chi connectivity index (χ3v) is 1.96. The van der Waals surface area contributed by atoms with Crippen molar-refractivity contribution >= 4 is 0 Å². The molecular weight excluding hydrogens is 156 g/mol. The SMILES string of the molecule is CC.CC.CC.CC1(C)CCCC1. The molecule has 1 fully saturated rings. The molecule has 0 unspecified atom stereocenters. The van der Waals surface area contributed by atoms with Crippen LogP contribution < -0.4 is 0 Å². The molecular formula is C13H32. The van der Waals surface area contributed by atoms with Crippen LogP contribution >= 0.6 is 0 Å². The molecule has 0 radical (unpaired) electrons. The van der Waals surface area contributed by atoms with Crippen molar-refractivity contribution in [2.45, 2.75) is 81.1 Å². The van der Waals surface area contributed by atoms with Crippen molar-refractivity contribution in [3.63, 3.8) is 0 Å². The summed E-state index contributed by atoms with van der Waals surface area (Å²) in [4.78, 5) is 0. The van der Waals surface area contributed by atoms with Crippen LogP contribution in [0, 0.1) is 5.41 Å². The van der Waals surface area contributed by atoms with Crippen molar-refractivity contribution in [2.75, 3.05) is 0 Å². The van der Waals surface area contributed by atoms with Crippen molar-refractivity contribution in [1.82, 2.24) is 0 Å². The summed E-state index contributed by atoms with van der Waals surface area (Å²) in [5.41, 5.74) is 0.694. The van der Waals surface area contributed by atoms with E-state index in [1.54, 1.807) is 0 Å². The fraction of sp³-hybridized carbons (Fsp3) is 1.00. The van der Waals surface area contributed by atoms with Crippen LogP contribution in [0.2, 0.25) is 0 Å². The normalized spacial score (nSPS) is 16.6. The second-order valence-corrected chi connectivity index (χ2v) is 3.37. The minimum absolute atomic E-state index is 0.694. The zero-order valence-corrected chi connectivity index (χ0v) is 11.3. The molecule has 0 nitrogen and oxygen atoms in total. The molecule has 0 aromatic rings. The van der Waals surface area contributed by atoms with Gasteiger partial charge in [-0.3, -0.25) is 0 Å². The molecule has 1 aliphatic carbocycles. The lowest BCUT2D eigenvalue weighted by molar-refractivity contribution is 0.382. The Morgan fingerprint density at radius 3 is 0.923 bits per heavy atom. The van der Waals surface area contributed by atoms with E-state index in [-0.39, 0.29) is 0 Å². The smallest absolute Gasteiger partial charge is 0.0354 e. The molecule has 0 aromatic carbocycles. The zero-order valence-electron chi connectivity index (χ0n) is 11.3. The van der Waals surface area contributed by atoms with E-state index < -0.39 is 0 Å². The van der Waals surface area contributed by atoms with Gasteiger partial charge in [0.1, 0.15) is 0 Å². The van der Waals surface area contributed by atoms with Crippen LogP contribution in [0.1, 0.15) is 81.1 Å². The first kappa shape index (κ1) is 18.7. The first-order valence-electron chi connectivity index (χ1n) is 6.21. The topological polar surface area (TPSA) is 0 Å². The van der Waals surface area contributed by atoms with Gasteiger partial charge in [-0.2, -0.15) is 0 Å². The van der Waals surface area contributed by atoms with Gasteiger partial charge in [-0.25, -0.2) is 0 Å². The van der Waals surface area contributed by atoms with Gasteiger partial charge in [-0.15, -0.1) is 0 Å². The maximum absolute atomic E-state index is 2.36. The average Bonchev–Trinajstić information content (AvgIpc) is 2.60.